The number of nitrogens with zero attached hydrogens (tertiary/aromatic N) is 1. The van der Waals surface area contributed by atoms with Gasteiger partial charge in [-0.2, -0.15) is 0 Å². The van der Waals surface area contributed by atoms with Crippen LogP contribution in [0.5, 0.6) is 0 Å². The maximum absolute atomic E-state index is 11.3. The molecule has 2 aliphatic rings. The standard InChI is InChI=1S/C14H21NO3/c1-10(16)15(2)8-4-7-11-5-3-6-12-9-13(17)18-14(11)12/h9,11,14H,3-8H2,1-2H3. The zero-order valence-electron chi connectivity index (χ0n) is 11.1. The Balaban J connectivity index is 1.81. The minimum atomic E-state index is -0.178. The van der Waals surface area contributed by atoms with Gasteiger partial charge in [-0.15, -0.1) is 0 Å². The van der Waals surface area contributed by atoms with Crippen molar-refractivity contribution in [3.8, 4) is 0 Å². The number of fused-ring (bicyclic) bond motifs is 1. The number of amides is 1. The second-order valence-electron chi connectivity index (χ2n) is 5.31. The van der Waals surface area contributed by atoms with Crippen LogP contribution in [0, 0.1) is 5.92 Å². The molecule has 2 atom stereocenters. The fourth-order valence-corrected chi connectivity index (χ4v) is 2.85. The van der Waals surface area contributed by atoms with E-state index in [4.69, 9.17) is 4.74 Å². The van der Waals surface area contributed by atoms with Crippen molar-refractivity contribution in [1.82, 2.24) is 4.90 Å². The summed E-state index contributed by atoms with van der Waals surface area (Å²) in [6.07, 6.45) is 6.95. The molecular weight excluding hydrogens is 230 g/mol. The van der Waals surface area contributed by atoms with Crippen LogP contribution < -0.4 is 0 Å². The molecule has 1 fully saturated rings. The Hall–Kier alpha value is -1.32. The smallest absolute Gasteiger partial charge is 0.331 e. The third-order valence-electron chi connectivity index (χ3n) is 3.99. The van der Waals surface area contributed by atoms with Gasteiger partial charge in [0, 0.05) is 32.5 Å². The molecule has 4 nitrogen and oxygen atoms in total. The van der Waals surface area contributed by atoms with Crippen molar-refractivity contribution in [2.45, 2.75) is 45.1 Å². The van der Waals surface area contributed by atoms with Crippen LogP contribution in [0.1, 0.15) is 39.0 Å². The van der Waals surface area contributed by atoms with Gasteiger partial charge in [0.25, 0.3) is 0 Å². The molecule has 1 aliphatic heterocycles. The minimum Gasteiger partial charge on any atom is -0.454 e. The van der Waals surface area contributed by atoms with Crippen LogP contribution in [-0.4, -0.2) is 36.5 Å². The van der Waals surface area contributed by atoms with Crippen molar-refractivity contribution >= 4 is 11.9 Å². The topological polar surface area (TPSA) is 46.6 Å². The van der Waals surface area contributed by atoms with E-state index in [2.05, 4.69) is 0 Å². The number of ether oxygens (including phenoxy) is 1. The van der Waals surface area contributed by atoms with Crippen LogP contribution in [0.3, 0.4) is 0 Å². The van der Waals surface area contributed by atoms with E-state index in [0.717, 1.165) is 38.6 Å². The van der Waals surface area contributed by atoms with E-state index >= 15 is 0 Å². The Kier molecular flexibility index (Phi) is 4.04. The van der Waals surface area contributed by atoms with Crippen LogP contribution in [0.25, 0.3) is 0 Å². The van der Waals surface area contributed by atoms with Gasteiger partial charge in [-0.25, -0.2) is 4.79 Å². The van der Waals surface area contributed by atoms with Crippen molar-refractivity contribution in [3.63, 3.8) is 0 Å². The average Bonchev–Trinajstić information content (AvgIpc) is 2.70. The second kappa shape index (κ2) is 5.55. The number of hydrogen-bond donors (Lipinski definition) is 0. The van der Waals surface area contributed by atoms with Crippen molar-refractivity contribution in [3.05, 3.63) is 11.6 Å². The third kappa shape index (κ3) is 2.92. The first kappa shape index (κ1) is 13.1. The fraction of sp³-hybridized carbons (Fsp3) is 0.714. The molecule has 0 aromatic rings. The predicted molar refractivity (Wildman–Crippen MR) is 67.8 cm³/mol. The van der Waals surface area contributed by atoms with Crippen LogP contribution in [0.15, 0.2) is 11.6 Å². The lowest BCUT2D eigenvalue weighted by Gasteiger charge is -2.30. The second-order valence-corrected chi connectivity index (χ2v) is 5.31. The summed E-state index contributed by atoms with van der Waals surface area (Å²) in [5, 5.41) is 0. The molecule has 0 bridgehead atoms. The van der Waals surface area contributed by atoms with E-state index < -0.39 is 0 Å². The number of carbonyl (C=O) groups is 2. The minimum absolute atomic E-state index is 0.0221. The summed E-state index contributed by atoms with van der Waals surface area (Å²) in [5.74, 6) is 0.367. The van der Waals surface area contributed by atoms with E-state index in [1.54, 1.807) is 17.9 Å². The average molecular weight is 251 g/mol. The maximum atomic E-state index is 11.3. The van der Waals surface area contributed by atoms with E-state index in [9.17, 15) is 9.59 Å². The SMILES string of the molecule is CC(=O)N(C)CCCC1CCCC2=CC(=O)OC21. The Morgan fingerprint density at radius 2 is 2.33 bits per heavy atom. The Bertz CT molecular complexity index is 375. The number of carbonyl (C=O) groups excluding carboxylic acids is 2. The van der Waals surface area contributed by atoms with Crippen LogP contribution >= 0.6 is 0 Å². The van der Waals surface area contributed by atoms with Gasteiger partial charge < -0.3 is 9.64 Å². The highest BCUT2D eigenvalue weighted by atomic mass is 16.5. The monoisotopic (exact) mass is 251 g/mol. The lowest BCUT2D eigenvalue weighted by atomic mass is 9.81. The third-order valence-corrected chi connectivity index (χ3v) is 3.99. The van der Waals surface area contributed by atoms with Gasteiger partial charge in [-0.05, 0) is 37.7 Å². The maximum Gasteiger partial charge on any atom is 0.331 e. The van der Waals surface area contributed by atoms with Gasteiger partial charge in [-0.3, -0.25) is 4.79 Å². The van der Waals surface area contributed by atoms with Crippen LogP contribution in [0.4, 0.5) is 0 Å². The Labute approximate surface area is 108 Å². The summed E-state index contributed by atoms with van der Waals surface area (Å²) >= 11 is 0. The molecule has 100 valence electrons. The van der Waals surface area contributed by atoms with Crippen molar-refractivity contribution in [2.24, 2.45) is 5.92 Å². The van der Waals surface area contributed by atoms with E-state index in [-0.39, 0.29) is 18.0 Å². The van der Waals surface area contributed by atoms with Gasteiger partial charge in [0.05, 0.1) is 0 Å². The van der Waals surface area contributed by atoms with Gasteiger partial charge >= 0.3 is 5.97 Å². The summed E-state index contributed by atoms with van der Waals surface area (Å²) in [7, 11) is 1.82. The van der Waals surface area contributed by atoms with Gasteiger partial charge in [0.1, 0.15) is 6.10 Å². The highest BCUT2D eigenvalue weighted by Crippen LogP contribution is 2.37. The summed E-state index contributed by atoms with van der Waals surface area (Å²) in [6.45, 7) is 2.37. The zero-order valence-corrected chi connectivity index (χ0v) is 11.1. The highest BCUT2D eigenvalue weighted by Gasteiger charge is 2.35. The van der Waals surface area contributed by atoms with Crippen molar-refractivity contribution in [1.29, 1.82) is 0 Å². The van der Waals surface area contributed by atoms with E-state index in [1.807, 2.05) is 7.05 Å². The fourth-order valence-electron chi connectivity index (χ4n) is 2.85. The molecule has 0 aromatic carbocycles. The first-order valence-corrected chi connectivity index (χ1v) is 6.70. The van der Waals surface area contributed by atoms with Gasteiger partial charge in [0.15, 0.2) is 0 Å². The molecule has 2 unspecified atom stereocenters. The van der Waals surface area contributed by atoms with Crippen LogP contribution in [0.2, 0.25) is 0 Å². The first-order chi connectivity index (χ1) is 8.58. The molecule has 4 heteroatoms. The molecule has 1 aliphatic carbocycles. The lowest BCUT2D eigenvalue weighted by molar-refractivity contribution is -0.141. The summed E-state index contributed by atoms with van der Waals surface area (Å²) in [6, 6.07) is 0. The molecule has 0 saturated heterocycles. The molecule has 0 aromatic heterocycles. The first-order valence-electron chi connectivity index (χ1n) is 6.70. The normalized spacial score (nSPS) is 26.3. The van der Waals surface area contributed by atoms with Gasteiger partial charge in [-0.1, -0.05) is 0 Å². The zero-order chi connectivity index (χ0) is 13.1. The van der Waals surface area contributed by atoms with E-state index in [1.165, 1.54) is 5.57 Å². The van der Waals surface area contributed by atoms with Crippen molar-refractivity contribution < 1.29 is 14.3 Å². The quantitative estimate of drug-likeness (QED) is 0.717. The number of hydrogen-bond acceptors (Lipinski definition) is 3. The number of rotatable bonds is 4. The number of esters is 1. The molecule has 1 saturated carbocycles. The van der Waals surface area contributed by atoms with Crippen LogP contribution in [-0.2, 0) is 14.3 Å². The van der Waals surface area contributed by atoms with Crippen molar-refractivity contribution in [2.75, 3.05) is 13.6 Å². The largest absolute Gasteiger partial charge is 0.454 e. The summed E-state index contributed by atoms with van der Waals surface area (Å²) < 4.78 is 5.37. The lowest BCUT2D eigenvalue weighted by Crippen LogP contribution is -2.29. The Morgan fingerprint density at radius 3 is 3.06 bits per heavy atom. The molecule has 18 heavy (non-hydrogen) atoms. The molecule has 0 N–H and O–H groups in total. The van der Waals surface area contributed by atoms with Gasteiger partial charge in [0.2, 0.25) is 5.91 Å². The molecule has 0 spiro atoms. The summed E-state index contributed by atoms with van der Waals surface area (Å²) in [4.78, 5) is 24.1. The Morgan fingerprint density at radius 1 is 1.56 bits per heavy atom. The molecular formula is C14H21NO3. The highest BCUT2D eigenvalue weighted by molar-refractivity contribution is 5.86. The molecule has 0 radical (unpaired) electrons. The predicted octanol–water partition coefficient (Wildman–Crippen LogP) is 1.90. The molecule has 1 heterocycles. The summed E-state index contributed by atoms with van der Waals surface area (Å²) in [5.41, 5.74) is 1.18. The molecule has 2 rings (SSSR count). The van der Waals surface area contributed by atoms with E-state index in [0.29, 0.717) is 5.92 Å². The molecule has 1 amide bonds.